The molecule has 0 bridgehead atoms. The summed E-state index contributed by atoms with van der Waals surface area (Å²) in [6.07, 6.45) is 0. The highest BCUT2D eigenvalue weighted by Crippen LogP contribution is 2.20. The number of nitro benzene ring substituents is 1. The van der Waals surface area contributed by atoms with Gasteiger partial charge in [-0.1, -0.05) is 6.07 Å². The van der Waals surface area contributed by atoms with E-state index >= 15 is 0 Å². The number of nitro groups is 1. The molecular weight excluding hydrogens is 250 g/mol. The van der Waals surface area contributed by atoms with Crippen molar-refractivity contribution >= 4 is 17.3 Å². The van der Waals surface area contributed by atoms with Gasteiger partial charge < -0.3 is 15.4 Å². The summed E-state index contributed by atoms with van der Waals surface area (Å²) in [4.78, 5) is 22.2. The number of benzene rings is 1. The molecule has 0 aromatic heterocycles. The van der Waals surface area contributed by atoms with Gasteiger partial charge in [0.15, 0.2) is 0 Å². The summed E-state index contributed by atoms with van der Waals surface area (Å²) in [5.41, 5.74) is 0.367. The average Bonchev–Trinajstić information content (AvgIpc) is 2.87. The Morgan fingerprint density at radius 3 is 2.95 bits per heavy atom. The number of likely N-dealkylation sites (N-methyl/N-ethyl adjacent to an activating group) is 1. The van der Waals surface area contributed by atoms with E-state index < -0.39 is 4.92 Å². The van der Waals surface area contributed by atoms with Gasteiger partial charge in [0, 0.05) is 23.9 Å². The standard InChI is InChI=1S/C12H15N3O4/c1-13-11-7-19-6-10(11)12(16)14-8-3-2-4-9(5-8)15(17)18/h2-5,10-11,13H,6-7H2,1H3,(H,14,16). The quantitative estimate of drug-likeness (QED) is 0.619. The van der Waals surface area contributed by atoms with Crippen molar-refractivity contribution in [2.45, 2.75) is 6.04 Å². The zero-order valence-electron chi connectivity index (χ0n) is 10.5. The van der Waals surface area contributed by atoms with Crippen LogP contribution in [0.5, 0.6) is 0 Å². The summed E-state index contributed by atoms with van der Waals surface area (Å²) in [7, 11) is 1.77. The molecule has 1 aliphatic rings. The predicted molar refractivity (Wildman–Crippen MR) is 68.9 cm³/mol. The van der Waals surface area contributed by atoms with Crippen LogP contribution < -0.4 is 10.6 Å². The minimum absolute atomic E-state index is 0.0290. The molecule has 1 saturated heterocycles. The maximum atomic E-state index is 12.1. The molecule has 19 heavy (non-hydrogen) atoms. The molecule has 2 rings (SSSR count). The Hall–Kier alpha value is -1.99. The fraction of sp³-hybridized carbons (Fsp3) is 0.417. The summed E-state index contributed by atoms with van der Waals surface area (Å²) in [6.45, 7) is 0.843. The Balaban J connectivity index is 2.06. The van der Waals surface area contributed by atoms with Gasteiger partial charge in [0.2, 0.25) is 5.91 Å². The number of nitrogens with zero attached hydrogens (tertiary/aromatic N) is 1. The SMILES string of the molecule is CNC1COCC1C(=O)Nc1cccc([N+](=O)[O-])c1. The lowest BCUT2D eigenvalue weighted by Gasteiger charge is -2.16. The third-order valence-electron chi connectivity index (χ3n) is 3.11. The first-order valence-electron chi connectivity index (χ1n) is 5.92. The molecule has 1 amide bonds. The first kappa shape index (κ1) is 13.4. The Labute approximate surface area is 110 Å². The van der Waals surface area contributed by atoms with Crippen LogP contribution in [0.2, 0.25) is 0 Å². The Morgan fingerprint density at radius 1 is 1.47 bits per heavy atom. The van der Waals surface area contributed by atoms with E-state index in [1.54, 1.807) is 13.1 Å². The third kappa shape index (κ3) is 3.07. The lowest BCUT2D eigenvalue weighted by atomic mass is 10.0. The Kier molecular flexibility index (Phi) is 4.08. The van der Waals surface area contributed by atoms with Crippen molar-refractivity contribution in [2.24, 2.45) is 5.92 Å². The zero-order chi connectivity index (χ0) is 13.8. The number of nitrogens with one attached hydrogen (secondary N) is 2. The summed E-state index contributed by atoms with van der Waals surface area (Å²) in [5, 5.41) is 16.4. The van der Waals surface area contributed by atoms with Crippen LogP contribution in [-0.4, -0.2) is 37.1 Å². The van der Waals surface area contributed by atoms with Crippen molar-refractivity contribution < 1.29 is 14.5 Å². The minimum atomic E-state index is -0.495. The van der Waals surface area contributed by atoms with Crippen LogP contribution in [0.25, 0.3) is 0 Å². The van der Waals surface area contributed by atoms with Crippen molar-refractivity contribution in [2.75, 3.05) is 25.6 Å². The molecule has 102 valence electrons. The second kappa shape index (κ2) is 5.77. The van der Waals surface area contributed by atoms with E-state index in [0.29, 0.717) is 18.9 Å². The predicted octanol–water partition coefficient (Wildman–Crippen LogP) is 0.768. The van der Waals surface area contributed by atoms with Crippen LogP contribution in [0.1, 0.15) is 0 Å². The van der Waals surface area contributed by atoms with E-state index in [-0.39, 0.29) is 23.6 Å². The topological polar surface area (TPSA) is 93.5 Å². The van der Waals surface area contributed by atoms with Crippen LogP contribution >= 0.6 is 0 Å². The molecule has 0 aliphatic carbocycles. The lowest BCUT2D eigenvalue weighted by Crippen LogP contribution is -2.39. The van der Waals surface area contributed by atoms with Gasteiger partial charge in [-0.2, -0.15) is 0 Å². The average molecular weight is 265 g/mol. The second-order valence-electron chi connectivity index (χ2n) is 4.34. The fourth-order valence-electron chi connectivity index (χ4n) is 2.03. The van der Waals surface area contributed by atoms with E-state index in [0.717, 1.165) is 0 Å². The van der Waals surface area contributed by atoms with Gasteiger partial charge in [0.05, 0.1) is 24.1 Å². The van der Waals surface area contributed by atoms with Crippen molar-refractivity contribution in [3.05, 3.63) is 34.4 Å². The van der Waals surface area contributed by atoms with Gasteiger partial charge in [-0.15, -0.1) is 0 Å². The first-order chi connectivity index (χ1) is 9.11. The molecule has 0 spiro atoms. The number of rotatable bonds is 4. The zero-order valence-corrected chi connectivity index (χ0v) is 10.5. The number of hydrogen-bond donors (Lipinski definition) is 2. The molecule has 1 fully saturated rings. The third-order valence-corrected chi connectivity index (χ3v) is 3.11. The second-order valence-corrected chi connectivity index (χ2v) is 4.34. The van der Waals surface area contributed by atoms with E-state index in [4.69, 9.17) is 4.74 Å². The Morgan fingerprint density at radius 2 is 2.26 bits per heavy atom. The van der Waals surface area contributed by atoms with Crippen molar-refractivity contribution in [3.8, 4) is 0 Å². The molecular formula is C12H15N3O4. The van der Waals surface area contributed by atoms with Crippen LogP contribution in [-0.2, 0) is 9.53 Å². The summed E-state index contributed by atoms with van der Waals surface area (Å²) < 4.78 is 5.25. The normalized spacial score (nSPS) is 22.2. The molecule has 1 heterocycles. The molecule has 2 atom stereocenters. The van der Waals surface area contributed by atoms with Crippen LogP contribution in [0.15, 0.2) is 24.3 Å². The van der Waals surface area contributed by atoms with E-state index in [1.165, 1.54) is 18.2 Å². The van der Waals surface area contributed by atoms with Crippen molar-refractivity contribution in [1.82, 2.24) is 5.32 Å². The molecule has 7 nitrogen and oxygen atoms in total. The number of non-ortho nitro benzene ring substituents is 1. The summed E-state index contributed by atoms with van der Waals surface area (Å²) >= 11 is 0. The molecule has 2 unspecified atom stereocenters. The molecule has 0 radical (unpaired) electrons. The highest BCUT2D eigenvalue weighted by molar-refractivity contribution is 5.93. The van der Waals surface area contributed by atoms with Crippen molar-refractivity contribution in [1.29, 1.82) is 0 Å². The van der Waals surface area contributed by atoms with Gasteiger partial charge in [-0.3, -0.25) is 14.9 Å². The number of carbonyl (C=O) groups excluding carboxylic acids is 1. The van der Waals surface area contributed by atoms with Gasteiger partial charge in [-0.05, 0) is 13.1 Å². The highest BCUT2D eigenvalue weighted by Gasteiger charge is 2.33. The summed E-state index contributed by atoms with van der Waals surface area (Å²) in [5.74, 6) is -0.485. The van der Waals surface area contributed by atoms with Crippen molar-refractivity contribution in [3.63, 3.8) is 0 Å². The maximum absolute atomic E-state index is 12.1. The smallest absolute Gasteiger partial charge is 0.271 e. The van der Waals surface area contributed by atoms with Gasteiger partial charge >= 0.3 is 0 Å². The van der Waals surface area contributed by atoms with Gasteiger partial charge in [-0.25, -0.2) is 0 Å². The van der Waals surface area contributed by atoms with Crippen LogP contribution in [0, 0.1) is 16.0 Å². The molecule has 1 aromatic carbocycles. The van der Waals surface area contributed by atoms with Gasteiger partial charge in [0.25, 0.3) is 5.69 Å². The van der Waals surface area contributed by atoms with Crippen LogP contribution in [0.3, 0.4) is 0 Å². The summed E-state index contributed by atoms with van der Waals surface area (Å²) in [6, 6.07) is 5.84. The maximum Gasteiger partial charge on any atom is 0.271 e. The lowest BCUT2D eigenvalue weighted by molar-refractivity contribution is -0.384. The van der Waals surface area contributed by atoms with E-state index in [9.17, 15) is 14.9 Å². The van der Waals surface area contributed by atoms with Crippen LogP contribution in [0.4, 0.5) is 11.4 Å². The number of hydrogen-bond acceptors (Lipinski definition) is 5. The van der Waals surface area contributed by atoms with Gasteiger partial charge in [0.1, 0.15) is 0 Å². The first-order valence-corrected chi connectivity index (χ1v) is 5.92. The fourth-order valence-corrected chi connectivity index (χ4v) is 2.03. The molecule has 1 aliphatic heterocycles. The number of anilines is 1. The minimum Gasteiger partial charge on any atom is -0.379 e. The molecule has 7 heteroatoms. The molecule has 1 aromatic rings. The largest absolute Gasteiger partial charge is 0.379 e. The number of carbonyl (C=O) groups is 1. The molecule has 0 saturated carbocycles. The number of ether oxygens (including phenoxy) is 1. The highest BCUT2D eigenvalue weighted by atomic mass is 16.6. The van der Waals surface area contributed by atoms with E-state index in [2.05, 4.69) is 10.6 Å². The van der Waals surface area contributed by atoms with E-state index in [1.807, 2.05) is 0 Å². The molecule has 2 N–H and O–H groups in total. The number of amides is 1. The Bertz CT molecular complexity index is 492. The monoisotopic (exact) mass is 265 g/mol.